The van der Waals surface area contributed by atoms with Gasteiger partial charge in [-0.1, -0.05) is 82.2 Å². The zero-order valence-corrected chi connectivity index (χ0v) is 22.9. The van der Waals surface area contributed by atoms with E-state index in [1.807, 2.05) is 0 Å². The molecule has 0 aliphatic rings. The summed E-state index contributed by atoms with van der Waals surface area (Å²) in [6.45, 7) is 10.2. The normalized spacial score (nSPS) is 11.9. The van der Waals surface area contributed by atoms with Crippen molar-refractivity contribution in [3.05, 3.63) is 111 Å². The number of nitro groups is 1. The summed E-state index contributed by atoms with van der Waals surface area (Å²) in [5.41, 5.74) is 8.24. The fourth-order valence-electron chi connectivity index (χ4n) is 4.13. The van der Waals surface area contributed by atoms with Crippen molar-refractivity contribution in [1.29, 1.82) is 0 Å². The molecule has 0 radical (unpaired) electrons. The van der Waals surface area contributed by atoms with Crippen LogP contribution in [-0.2, 0) is 12.7 Å². The highest BCUT2D eigenvalue weighted by Crippen LogP contribution is 2.34. The Morgan fingerprint density at radius 2 is 1.69 bits per heavy atom. The highest BCUT2D eigenvalue weighted by atomic mass is 19.4. The second kappa shape index (κ2) is 14.3. The van der Waals surface area contributed by atoms with Gasteiger partial charge in [0.1, 0.15) is 6.17 Å². The number of hydrogen-bond donors (Lipinski definition) is 2. The topological polar surface area (TPSA) is 84.4 Å². The molecule has 0 amide bonds. The Labute approximate surface area is 228 Å². The largest absolute Gasteiger partial charge is 0.416 e. The summed E-state index contributed by atoms with van der Waals surface area (Å²) in [7, 11) is 1.67. The molecule has 0 bridgehead atoms. The van der Waals surface area contributed by atoms with Crippen LogP contribution in [0.3, 0.4) is 0 Å². The summed E-state index contributed by atoms with van der Waals surface area (Å²) in [5, 5.41) is 14.5. The molecule has 9 heteroatoms. The second-order valence-electron chi connectivity index (χ2n) is 9.33. The van der Waals surface area contributed by atoms with Crippen LogP contribution in [-0.4, -0.2) is 16.9 Å². The SMILES string of the molecule is C=C(NC(c1ccccc1N)N(C)Cc1ccccc1C(F)(F)F)c1cc([N+](=O)[O-])ccc1C.CCCCC. The molecule has 0 spiro atoms. The summed E-state index contributed by atoms with van der Waals surface area (Å²) in [5.74, 6) is 0. The van der Waals surface area contributed by atoms with Crippen LogP contribution >= 0.6 is 0 Å². The maximum absolute atomic E-state index is 13.5. The molecule has 3 aromatic carbocycles. The lowest BCUT2D eigenvalue weighted by molar-refractivity contribution is -0.384. The van der Waals surface area contributed by atoms with Crippen molar-refractivity contribution in [1.82, 2.24) is 10.2 Å². The highest BCUT2D eigenvalue weighted by Gasteiger charge is 2.33. The lowest BCUT2D eigenvalue weighted by atomic mass is 10.0. The number of benzene rings is 3. The first-order valence-corrected chi connectivity index (χ1v) is 12.8. The van der Waals surface area contributed by atoms with E-state index in [0.717, 1.165) is 11.6 Å². The van der Waals surface area contributed by atoms with Gasteiger partial charge in [0.15, 0.2) is 0 Å². The first kappa shape index (κ1) is 31.4. The molecule has 39 heavy (non-hydrogen) atoms. The molecule has 0 aliphatic carbocycles. The summed E-state index contributed by atoms with van der Waals surface area (Å²) < 4.78 is 40.6. The maximum Gasteiger partial charge on any atom is 0.416 e. The summed E-state index contributed by atoms with van der Waals surface area (Å²) in [6, 6.07) is 16.8. The van der Waals surface area contributed by atoms with Crippen LogP contribution in [0.25, 0.3) is 5.70 Å². The fourth-order valence-corrected chi connectivity index (χ4v) is 4.13. The quantitative estimate of drug-likeness (QED) is 0.117. The Bertz CT molecular complexity index is 1260. The third kappa shape index (κ3) is 8.85. The zero-order chi connectivity index (χ0) is 29.2. The van der Waals surface area contributed by atoms with Gasteiger partial charge in [-0.25, -0.2) is 0 Å². The van der Waals surface area contributed by atoms with Crippen molar-refractivity contribution in [2.75, 3.05) is 12.8 Å². The predicted octanol–water partition coefficient (Wildman–Crippen LogP) is 8.09. The maximum atomic E-state index is 13.5. The number of nitrogens with one attached hydrogen (secondary N) is 1. The van der Waals surface area contributed by atoms with Crippen molar-refractivity contribution >= 4 is 17.1 Å². The van der Waals surface area contributed by atoms with Crippen LogP contribution in [0, 0.1) is 17.0 Å². The molecular formula is C30H37F3N4O2. The van der Waals surface area contributed by atoms with Gasteiger partial charge in [-0.3, -0.25) is 15.0 Å². The number of unbranched alkanes of at least 4 members (excludes halogenated alkanes) is 2. The number of anilines is 1. The Hall–Kier alpha value is -3.85. The van der Waals surface area contributed by atoms with Crippen LogP contribution in [0.15, 0.2) is 73.3 Å². The molecule has 1 unspecified atom stereocenters. The molecule has 0 saturated heterocycles. The number of nitrogens with zero attached hydrogens (tertiary/aromatic N) is 2. The Balaban J connectivity index is 0.000000976. The van der Waals surface area contributed by atoms with Gasteiger partial charge in [-0.05, 0) is 37.2 Å². The number of para-hydroxylation sites is 1. The van der Waals surface area contributed by atoms with E-state index in [-0.39, 0.29) is 17.8 Å². The van der Waals surface area contributed by atoms with Gasteiger partial charge in [0.25, 0.3) is 5.69 Å². The third-order valence-electron chi connectivity index (χ3n) is 6.25. The molecule has 0 heterocycles. The van der Waals surface area contributed by atoms with Crippen molar-refractivity contribution in [2.45, 2.75) is 58.9 Å². The number of non-ortho nitro benzene ring substituents is 1. The van der Waals surface area contributed by atoms with Gasteiger partial charge in [0, 0.05) is 41.2 Å². The van der Waals surface area contributed by atoms with Crippen molar-refractivity contribution in [2.24, 2.45) is 0 Å². The third-order valence-corrected chi connectivity index (χ3v) is 6.25. The summed E-state index contributed by atoms with van der Waals surface area (Å²) in [4.78, 5) is 12.4. The number of halogens is 3. The number of aryl methyl sites for hydroxylation is 1. The smallest absolute Gasteiger partial charge is 0.398 e. The fraction of sp³-hybridized carbons (Fsp3) is 0.333. The first-order chi connectivity index (χ1) is 18.4. The average Bonchev–Trinajstić information content (AvgIpc) is 2.88. The lowest BCUT2D eigenvalue weighted by Gasteiger charge is -2.32. The molecule has 3 rings (SSSR count). The van der Waals surface area contributed by atoms with Crippen LogP contribution < -0.4 is 11.1 Å². The average molecular weight is 543 g/mol. The Morgan fingerprint density at radius 1 is 1.08 bits per heavy atom. The molecule has 0 aromatic heterocycles. The molecule has 3 N–H and O–H groups in total. The standard InChI is InChI=1S/C25H25F3N4O2.C5H12/c1-16-12-13-19(32(33)34)14-21(16)17(2)30-24(20-9-5-7-11-23(20)29)31(3)15-18-8-4-6-10-22(18)25(26,27)28;1-3-5-4-2/h4-14,24,30H,2,15,29H2,1,3H3;3-5H2,1-2H3. The Kier molecular flexibility index (Phi) is 11.5. The monoisotopic (exact) mass is 542 g/mol. The van der Waals surface area contributed by atoms with Gasteiger partial charge in [-0.2, -0.15) is 13.2 Å². The lowest BCUT2D eigenvalue weighted by Crippen LogP contribution is -2.35. The van der Waals surface area contributed by atoms with E-state index >= 15 is 0 Å². The molecule has 1 atom stereocenters. The number of nitrogens with two attached hydrogens (primary N) is 1. The highest BCUT2D eigenvalue weighted by molar-refractivity contribution is 5.67. The van der Waals surface area contributed by atoms with E-state index in [4.69, 9.17) is 5.73 Å². The van der Waals surface area contributed by atoms with E-state index in [2.05, 4.69) is 25.7 Å². The predicted molar refractivity (Wildman–Crippen MR) is 152 cm³/mol. The van der Waals surface area contributed by atoms with Gasteiger partial charge < -0.3 is 11.1 Å². The number of nitrogen functional groups attached to an aromatic ring is 1. The first-order valence-electron chi connectivity index (χ1n) is 12.8. The van der Waals surface area contributed by atoms with Crippen LogP contribution in [0.1, 0.15) is 67.1 Å². The van der Waals surface area contributed by atoms with Gasteiger partial charge in [-0.15, -0.1) is 0 Å². The second-order valence-corrected chi connectivity index (χ2v) is 9.33. The minimum atomic E-state index is -4.49. The van der Waals surface area contributed by atoms with E-state index in [1.165, 1.54) is 43.5 Å². The molecule has 0 aliphatic heterocycles. The number of alkyl halides is 3. The molecule has 0 saturated carbocycles. The number of rotatable bonds is 10. The molecular weight excluding hydrogens is 505 g/mol. The molecule has 6 nitrogen and oxygen atoms in total. The van der Waals surface area contributed by atoms with Crippen molar-refractivity contribution < 1.29 is 18.1 Å². The molecule has 3 aromatic rings. The molecule has 210 valence electrons. The summed E-state index contributed by atoms with van der Waals surface area (Å²) in [6.07, 6.45) is -1.07. The van der Waals surface area contributed by atoms with Crippen LogP contribution in [0.4, 0.5) is 24.5 Å². The van der Waals surface area contributed by atoms with E-state index in [1.54, 1.807) is 55.3 Å². The van der Waals surface area contributed by atoms with Gasteiger partial charge >= 0.3 is 6.18 Å². The van der Waals surface area contributed by atoms with Crippen LogP contribution in [0.2, 0.25) is 0 Å². The van der Waals surface area contributed by atoms with Crippen molar-refractivity contribution in [3.8, 4) is 0 Å². The number of nitro benzene ring substituents is 1. The van der Waals surface area contributed by atoms with Gasteiger partial charge in [0.2, 0.25) is 0 Å². The van der Waals surface area contributed by atoms with E-state index in [9.17, 15) is 23.3 Å². The summed E-state index contributed by atoms with van der Waals surface area (Å²) >= 11 is 0. The van der Waals surface area contributed by atoms with Crippen LogP contribution in [0.5, 0.6) is 0 Å². The van der Waals surface area contributed by atoms with Crippen molar-refractivity contribution in [3.63, 3.8) is 0 Å². The van der Waals surface area contributed by atoms with E-state index < -0.39 is 22.8 Å². The van der Waals surface area contributed by atoms with Gasteiger partial charge in [0.05, 0.1) is 10.5 Å². The van der Waals surface area contributed by atoms with E-state index in [0.29, 0.717) is 22.5 Å². The Morgan fingerprint density at radius 3 is 2.26 bits per heavy atom. The molecule has 0 fully saturated rings. The minimum Gasteiger partial charge on any atom is -0.398 e. The zero-order valence-electron chi connectivity index (χ0n) is 22.9. The number of hydrogen-bond acceptors (Lipinski definition) is 5. The minimum absolute atomic E-state index is 0.0388.